The van der Waals surface area contributed by atoms with E-state index < -0.39 is 10.9 Å². The minimum atomic E-state index is -0.601. The first-order valence-corrected chi connectivity index (χ1v) is 11.5. The molecule has 0 fully saturated rings. The van der Waals surface area contributed by atoms with Gasteiger partial charge >= 0.3 is 0 Å². The van der Waals surface area contributed by atoms with Crippen LogP contribution >= 0.6 is 0 Å². The van der Waals surface area contributed by atoms with E-state index in [9.17, 15) is 19.5 Å². The fourth-order valence-electron chi connectivity index (χ4n) is 3.47. The lowest BCUT2D eigenvalue weighted by atomic mass is 10.0. The van der Waals surface area contributed by atoms with Crippen molar-refractivity contribution >= 4 is 34.7 Å². The Hall–Kier alpha value is -3.79. The molecule has 0 bridgehead atoms. The lowest BCUT2D eigenvalue weighted by molar-refractivity contribution is 0.0908. The maximum atomic E-state index is 12.5. The summed E-state index contributed by atoms with van der Waals surface area (Å²) >= 11 is 0. The predicted octanol–water partition coefficient (Wildman–Crippen LogP) is 2.91. The van der Waals surface area contributed by atoms with Crippen molar-refractivity contribution in [1.29, 1.82) is 0 Å². The number of carbonyl (C=O) groups is 1. The molecule has 0 aliphatic carbocycles. The molecular weight excluding hydrogens is 448 g/mol. The van der Waals surface area contributed by atoms with E-state index in [2.05, 4.69) is 31.2 Å². The molecular formula is C25H32N6O4. The van der Waals surface area contributed by atoms with E-state index >= 15 is 0 Å². The third kappa shape index (κ3) is 6.86. The van der Waals surface area contributed by atoms with Gasteiger partial charge in [0.05, 0.1) is 12.6 Å². The van der Waals surface area contributed by atoms with Crippen LogP contribution in [-0.2, 0) is 0 Å². The molecule has 5 N–H and O–H groups in total. The molecule has 0 aliphatic rings. The molecule has 3 rings (SSSR count). The van der Waals surface area contributed by atoms with Gasteiger partial charge in [-0.1, -0.05) is 13.8 Å². The molecule has 1 unspecified atom stereocenters. The van der Waals surface area contributed by atoms with Crippen molar-refractivity contribution in [1.82, 2.24) is 15.3 Å². The molecule has 1 aromatic heterocycles. The van der Waals surface area contributed by atoms with Crippen molar-refractivity contribution in [3.05, 3.63) is 62.5 Å². The van der Waals surface area contributed by atoms with Crippen molar-refractivity contribution in [2.24, 2.45) is 5.92 Å². The normalized spacial score (nSPS) is 12.4. The van der Waals surface area contributed by atoms with Crippen molar-refractivity contribution in [2.45, 2.75) is 52.6 Å². The molecule has 3 aromatic rings. The SMILES string of the molecule is CC(C)CC(CO)NC(=O)c1ccc(Nc2nccc(Nc3c(NC(C)(C)C)c(=O)c3=O)n2)cc1. The van der Waals surface area contributed by atoms with Crippen LogP contribution in [0.5, 0.6) is 0 Å². The summed E-state index contributed by atoms with van der Waals surface area (Å²) in [5.74, 6) is 0.715. The first-order valence-electron chi connectivity index (χ1n) is 11.5. The molecule has 1 heterocycles. The van der Waals surface area contributed by atoms with Crippen LogP contribution in [0.1, 0.15) is 51.4 Å². The number of aliphatic hydroxyl groups is 1. The first-order chi connectivity index (χ1) is 16.5. The van der Waals surface area contributed by atoms with Gasteiger partial charge in [0, 0.05) is 23.0 Å². The molecule has 35 heavy (non-hydrogen) atoms. The Morgan fingerprint density at radius 3 is 2.26 bits per heavy atom. The van der Waals surface area contributed by atoms with Gasteiger partial charge < -0.3 is 26.4 Å². The number of amides is 1. The van der Waals surface area contributed by atoms with E-state index in [-0.39, 0.29) is 41.4 Å². The van der Waals surface area contributed by atoms with Gasteiger partial charge in [0.25, 0.3) is 16.8 Å². The Balaban J connectivity index is 1.67. The minimum absolute atomic E-state index is 0.115. The van der Waals surface area contributed by atoms with Crippen LogP contribution in [0.2, 0.25) is 0 Å². The number of rotatable bonds is 10. The highest BCUT2D eigenvalue weighted by molar-refractivity contribution is 5.94. The molecule has 186 valence electrons. The lowest BCUT2D eigenvalue weighted by Gasteiger charge is -2.24. The number of hydrogen-bond donors (Lipinski definition) is 5. The zero-order chi connectivity index (χ0) is 25.8. The zero-order valence-electron chi connectivity index (χ0n) is 20.6. The second-order valence-corrected chi connectivity index (χ2v) is 9.86. The largest absolute Gasteiger partial charge is 0.394 e. The number of aromatic nitrogens is 2. The van der Waals surface area contributed by atoms with Crippen molar-refractivity contribution < 1.29 is 9.90 Å². The summed E-state index contributed by atoms with van der Waals surface area (Å²) in [7, 11) is 0. The van der Waals surface area contributed by atoms with E-state index in [0.29, 0.717) is 29.4 Å². The molecule has 0 aliphatic heterocycles. The highest BCUT2D eigenvalue weighted by Crippen LogP contribution is 2.23. The number of benzene rings is 1. The average molecular weight is 481 g/mol. The van der Waals surface area contributed by atoms with Gasteiger partial charge in [-0.15, -0.1) is 0 Å². The van der Waals surface area contributed by atoms with Crippen LogP contribution in [-0.4, -0.2) is 39.2 Å². The predicted molar refractivity (Wildman–Crippen MR) is 138 cm³/mol. The van der Waals surface area contributed by atoms with E-state index in [0.717, 1.165) is 0 Å². The summed E-state index contributed by atoms with van der Waals surface area (Å²) in [4.78, 5) is 45.0. The average Bonchev–Trinajstić information content (AvgIpc) is 2.80. The van der Waals surface area contributed by atoms with Crippen molar-refractivity contribution in [2.75, 3.05) is 22.6 Å². The summed E-state index contributed by atoms with van der Waals surface area (Å²) in [6.45, 7) is 9.63. The topological polar surface area (TPSA) is 145 Å². The zero-order valence-corrected chi connectivity index (χ0v) is 20.6. The maximum Gasteiger partial charge on any atom is 0.253 e. The van der Waals surface area contributed by atoms with Gasteiger partial charge in [-0.05, 0) is 63.4 Å². The second-order valence-electron chi connectivity index (χ2n) is 9.86. The standard InChI is InChI=1S/C25H32N6O4/c1-14(2)12-17(13-32)27-23(35)15-6-8-16(9-7-15)28-24-26-11-10-18(30-24)29-19-20(22(34)21(19)33)31-25(3,4)5/h6-11,14,17,31-32H,12-13H2,1-5H3,(H,27,35)(H2,26,28,29,30). The summed E-state index contributed by atoms with van der Waals surface area (Å²) in [6.07, 6.45) is 2.21. The van der Waals surface area contributed by atoms with Crippen LogP contribution in [0.4, 0.5) is 28.8 Å². The minimum Gasteiger partial charge on any atom is -0.394 e. The maximum absolute atomic E-state index is 12.5. The molecule has 10 heteroatoms. The smallest absolute Gasteiger partial charge is 0.253 e. The fraction of sp³-hybridized carbons (Fsp3) is 0.400. The van der Waals surface area contributed by atoms with E-state index in [4.69, 9.17) is 0 Å². The monoisotopic (exact) mass is 480 g/mol. The summed E-state index contributed by atoms with van der Waals surface area (Å²) in [5.41, 5.74) is -0.0150. The summed E-state index contributed by atoms with van der Waals surface area (Å²) in [5, 5.41) is 21.3. The van der Waals surface area contributed by atoms with Gasteiger partial charge in [0.2, 0.25) is 5.95 Å². The van der Waals surface area contributed by atoms with Crippen molar-refractivity contribution in [3.63, 3.8) is 0 Å². The van der Waals surface area contributed by atoms with Gasteiger partial charge in [-0.3, -0.25) is 14.4 Å². The number of nitrogens with zero attached hydrogens (tertiary/aromatic N) is 2. The van der Waals surface area contributed by atoms with Gasteiger partial charge in [-0.25, -0.2) is 4.98 Å². The third-order valence-electron chi connectivity index (χ3n) is 5.03. The first kappa shape index (κ1) is 25.8. The molecule has 10 nitrogen and oxygen atoms in total. The van der Waals surface area contributed by atoms with Gasteiger partial charge in [-0.2, -0.15) is 4.98 Å². The summed E-state index contributed by atoms with van der Waals surface area (Å²) in [6, 6.07) is 8.06. The highest BCUT2D eigenvalue weighted by atomic mass is 16.3. The lowest BCUT2D eigenvalue weighted by Crippen LogP contribution is -2.41. The third-order valence-corrected chi connectivity index (χ3v) is 5.03. The Morgan fingerprint density at radius 2 is 1.66 bits per heavy atom. The van der Waals surface area contributed by atoms with E-state index in [1.54, 1.807) is 30.3 Å². The number of hydrogen-bond acceptors (Lipinski definition) is 9. The van der Waals surface area contributed by atoms with Gasteiger partial charge in [0.1, 0.15) is 17.2 Å². The Morgan fingerprint density at radius 1 is 1.00 bits per heavy atom. The van der Waals surface area contributed by atoms with Crippen LogP contribution in [0, 0.1) is 5.92 Å². The molecule has 2 aromatic carbocycles. The number of nitrogens with one attached hydrogen (secondary N) is 4. The molecule has 0 saturated carbocycles. The molecule has 0 spiro atoms. The second kappa shape index (κ2) is 10.6. The van der Waals surface area contributed by atoms with E-state index in [1.165, 1.54) is 6.20 Å². The number of carbonyl (C=O) groups excluding carboxylic acids is 1. The Labute approximate surface area is 203 Å². The fourth-order valence-corrected chi connectivity index (χ4v) is 3.47. The molecule has 0 radical (unpaired) electrons. The molecule has 0 saturated heterocycles. The Bertz CT molecular complexity index is 1240. The summed E-state index contributed by atoms with van der Waals surface area (Å²) < 4.78 is 0. The van der Waals surface area contributed by atoms with Gasteiger partial charge in [0.15, 0.2) is 0 Å². The highest BCUT2D eigenvalue weighted by Gasteiger charge is 2.25. The van der Waals surface area contributed by atoms with Crippen LogP contribution in [0.15, 0.2) is 46.1 Å². The number of anilines is 5. The van der Waals surface area contributed by atoms with Crippen LogP contribution in [0.25, 0.3) is 0 Å². The van der Waals surface area contributed by atoms with Crippen LogP contribution < -0.4 is 32.1 Å². The molecule has 1 atom stereocenters. The van der Waals surface area contributed by atoms with E-state index in [1.807, 2.05) is 34.6 Å². The van der Waals surface area contributed by atoms with Crippen molar-refractivity contribution in [3.8, 4) is 0 Å². The number of aliphatic hydroxyl groups excluding tert-OH is 1. The quantitative estimate of drug-likeness (QED) is 0.276. The Kier molecular flexibility index (Phi) is 7.85. The molecule has 1 amide bonds. The van der Waals surface area contributed by atoms with Crippen LogP contribution in [0.3, 0.4) is 0 Å².